The van der Waals surface area contributed by atoms with Gasteiger partial charge in [-0.05, 0) is 92.3 Å². The molecule has 3 heteroatoms. The molecule has 4 fully saturated rings. The maximum atomic E-state index is 11.8. The summed E-state index contributed by atoms with van der Waals surface area (Å²) in [6, 6.07) is 0. The normalized spacial score (nSPS) is 55.5. The largest absolute Gasteiger partial charge is 0.481 e. The topological polar surface area (TPSA) is 57.5 Å². The van der Waals surface area contributed by atoms with E-state index in [4.69, 9.17) is 0 Å². The Bertz CT molecular complexity index is 565. The van der Waals surface area contributed by atoms with E-state index in [1.165, 1.54) is 19.3 Å². The molecule has 0 heterocycles. The number of aliphatic carboxylic acids is 1. The van der Waals surface area contributed by atoms with E-state index in [2.05, 4.69) is 27.7 Å². The lowest BCUT2D eigenvalue weighted by Crippen LogP contribution is -2.58. The highest BCUT2D eigenvalue weighted by molar-refractivity contribution is 5.71. The Morgan fingerprint density at radius 1 is 0.958 bits per heavy atom. The van der Waals surface area contributed by atoms with Gasteiger partial charge in [-0.2, -0.15) is 0 Å². The van der Waals surface area contributed by atoms with Gasteiger partial charge >= 0.3 is 5.97 Å². The number of hydrogen-bond acceptors (Lipinski definition) is 2. The van der Waals surface area contributed by atoms with E-state index in [0.29, 0.717) is 23.2 Å². The third-order valence-corrected chi connectivity index (χ3v) is 9.37. The fraction of sp³-hybridized carbons (Fsp3) is 0.952. The molecule has 136 valence electrons. The number of carboxylic acids is 1. The first-order valence-electron chi connectivity index (χ1n) is 9.98. The van der Waals surface area contributed by atoms with Gasteiger partial charge in [0.2, 0.25) is 0 Å². The van der Waals surface area contributed by atoms with Gasteiger partial charge in [0.15, 0.2) is 0 Å². The van der Waals surface area contributed by atoms with Crippen LogP contribution in [0.5, 0.6) is 0 Å². The summed E-state index contributed by atoms with van der Waals surface area (Å²) in [6.07, 6.45) is 8.79. The molecule has 2 bridgehead atoms. The van der Waals surface area contributed by atoms with Crippen molar-refractivity contribution in [3.63, 3.8) is 0 Å². The van der Waals surface area contributed by atoms with Gasteiger partial charge < -0.3 is 10.2 Å². The van der Waals surface area contributed by atoms with Crippen molar-refractivity contribution in [2.75, 3.05) is 0 Å². The smallest absolute Gasteiger partial charge is 0.307 e. The number of fused-ring (bicyclic) bond motifs is 3. The molecule has 2 N–H and O–H groups in total. The van der Waals surface area contributed by atoms with Gasteiger partial charge in [0.1, 0.15) is 0 Å². The molecule has 0 amide bonds. The van der Waals surface area contributed by atoms with Crippen molar-refractivity contribution in [1.82, 2.24) is 0 Å². The van der Waals surface area contributed by atoms with Crippen LogP contribution in [0, 0.1) is 39.9 Å². The number of hydrogen-bond donors (Lipinski definition) is 2. The summed E-state index contributed by atoms with van der Waals surface area (Å²) in [5.41, 5.74) is -0.0347. The van der Waals surface area contributed by atoms with Gasteiger partial charge in [-0.25, -0.2) is 0 Å². The highest BCUT2D eigenvalue weighted by Gasteiger charge is 2.67. The van der Waals surface area contributed by atoms with Crippen LogP contribution in [0.15, 0.2) is 0 Å². The molecule has 1 spiro atoms. The van der Waals surface area contributed by atoms with Crippen molar-refractivity contribution in [3.8, 4) is 0 Å². The van der Waals surface area contributed by atoms with Crippen LogP contribution in [0.1, 0.15) is 79.1 Å². The molecule has 0 aromatic rings. The first-order valence-corrected chi connectivity index (χ1v) is 9.98. The number of carboxylic acid groups (broad SMARTS) is 1. The third-order valence-electron chi connectivity index (χ3n) is 9.37. The second-order valence-electron chi connectivity index (χ2n) is 10.8. The number of carbonyl (C=O) groups is 1. The first-order chi connectivity index (χ1) is 11.0. The van der Waals surface area contributed by atoms with Gasteiger partial charge in [-0.1, -0.05) is 20.8 Å². The second kappa shape index (κ2) is 4.78. The standard InChI is InChI=1S/C21H34O3/c1-18(2)14(17(22)23)7-9-19(3)15(18)8-10-21-11-13(5-6-16(19)21)20(4,24)12-21/h13-16,24H,5-12H2,1-4H3,(H,22,23)/t13-,14?,15+,16-,19+,20-,21-/m1/s1. The van der Waals surface area contributed by atoms with Crippen LogP contribution in [0.4, 0.5) is 0 Å². The Morgan fingerprint density at radius 2 is 1.67 bits per heavy atom. The summed E-state index contributed by atoms with van der Waals surface area (Å²) in [5, 5.41) is 20.6. The average Bonchev–Trinajstić information content (AvgIpc) is 2.62. The van der Waals surface area contributed by atoms with Crippen LogP contribution in [0.25, 0.3) is 0 Å². The number of aliphatic hydroxyl groups is 1. The minimum atomic E-state index is -0.602. The molecule has 0 aromatic heterocycles. The van der Waals surface area contributed by atoms with Crippen molar-refractivity contribution in [3.05, 3.63) is 0 Å². The fourth-order valence-electron chi connectivity index (χ4n) is 8.47. The lowest BCUT2D eigenvalue weighted by molar-refractivity contribution is -0.180. The molecule has 0 aliphatic heterocycles. The minimum absolute atomic E-state index is 0.127. The minimum Gasteiger partial charge on any atom is -0.481 e. The lowest BCUT2D eigenvalue weighted by Gasteiger charge is -2.65. The van der Waals surface area contributed by atoms with Crippen molar-refractivity contribution in [1.29, 1.82) is 0 Å². The predicted octanol–water partition coefficient (Wildman–Crippen LogP) is 4.48. The van der Waals surface area contributed by atoms with Gasteiger partial charge in [-0.15, -0.1) is 0 Å². The lowest BCUT2D eigenvalue weighted by atomic mass is 9.39. The van der Waals surface area contributed by atoms with E-state index in [1.807, 2.05) is 0 Å². The van der Waals surface area contributed by atoms with Crippen molar-refractivity contribution in [2.24, 2.45) is 39.9 Å². The maximum absolute atomic E-state index is 11.8. The van der Waals surface area contributed by atoms with Crippen LogP contribution in [-0.2, 0) is 4.79 Å². The van der Waals surface area contributed by atoms with Crippen LogP contribution >= 0.6 is 0 Å². The van der Waals surface area contributed by atoms with E-state index in [9.17, 15) is 15.0 Å². The van der Waals surface area contributed by atoms with Crippen LogP contribution in [0.3, 0.4) is 0 Å². The summed E-state index contributed by atoms with van der Waals surface area (Å²) in [5.74, 6) is 0.848. The van der Waals surface area contributed by atoms with Gasteiger partial charge in [-0.3, -0.25) is 4.79 Å². The van der Waals surface area contributed by atoms with Crippen molar-refractivity contribution >= 4 is 5.97 Å². The Kier molecular flexibility index (Phi) is 3.36. The zero-order valence-corrected chi connectivity index (χ0v) is 15.8. The predicted molar refractivity (Wildman–Crippen MR) is 93.5 cm³/mol. The highest BCUT2D eigenvalue weighted by Crippen LogP contribution is 2.73. The summed E-state index contributed by atoms with van der Waals surface area (Å²) in [7, 11) is 0. The van der Waals surface area contributed by atoms with E-state index >= 15 is 0 Å². The molecule has 4 rings (SSSR count). The summed E-state index contributed by atoms with van der Waals surface area (Å²) < 4.78 is 0. The van der Waals surface area contributed by atoms with Crippen LogP contribution < -0.4 is 0 Å². The Balaban J connectivity index is 1.71. The first kappa shape index (κ1) is 16.9. The Labute approximate surface area is 146 Å². The molecule has 0 radical (unpaired) electrons. The molecule has 3 nitrogen and oxygen atoms in total. The number of rotatable bonds is 1. The van der Waals surface area contributed by atoms with E-state index in [1.54, 1.807) is 0 Å². The van der Waals surface area contributed by atoms with Crippen molar-refractivity contribution < 1.29 is 15.0 Å². The van der Waals surface area contributed by atoms with Gasteiger partial charge in [0.25, 0.3) is 0 Å². The summed E-state index contributed by atoms with van der Waals surface area (Å²) >= 11 is 0. The summed E-state index contributed by atoms with van der Waals surface area (Å²) in [6.45, 7) is 8.95. The third kappa shape index (κ3) is 1.97. The summed E-state index contributed by atoms with van der Waals surface area (Å²) in [4.78, 5) is 11.8. The van der Waals surface area contributed by atoms with Gasteiger partial charge in [0.05, 0.1) is 11.5 Å². The zero-order chi connectivity index (χ0) is 17.5. The average molecular weight is 335 g/mol. The quantitative estimate of drug-likeness (QED) is 0.743. The molecule has 1 unspecified atom stereocenters. The molecule has 4 aliphatic rings. The van der Waals surface area contributed by atoms with E-state index in [0.717, 1.165) is 32.1 Å². The van der Waals surface area contributed by atoms with E-state index < -0.39 is 11.6 Å². The Morgan fingerprint density at radius 3 is 2.33 bits per heavy atom. The molecule has 0 aromatic carbocycles. The highest BCUT2D eigenvalue weighted by atomic mass is 16.4. The molecule has 0 saturated heterocycles. The monoisotopic (exact) mass is 334 g/mol. The molecule has 4 aliphatic carbocycles. The van der Waals surface area contributed by atoms with Gasteiger partial charge in [0, 0.05) is 0 Å². The maximum Gasteiger partial charge on any atom is 0.307 e. The molecule has 7 atom stereocenters. The zero-order valence-electron chi connectivity index (χ0n) is 15.8. The molecule has 4 saturated carbocycles. The second-order valence-corrected chi connectivity index (χ2v) is 10.8. The Hall–Kier alpha value is -0.570. The van der Waals surface area contributed by atoms with Crippen LogP contribution in [-0.4, -0.2) is 21.8 Å². The fourth-order valence-corrected chi connectivity index (χ4v) is 8.47. The van der Waals surface area contributed by atoms with E-state index in [-0.39, 0.29) is 16.7 Å². The molecular formula is C21H34O3. The van der Waals surface area contributed by atoms with Crippen LogP contribution in [0.2, 0.25) is 0 Å². The van der Waals surface area contributed by atoms with Crippen molar-refractivity contribution in [2.45, 2.75) is 84.7 Å². The molecular weight excluding hydrogens is 300 g/mol. The SMILES string of the molecule is CC1(C)C(C(=O)O)CC[C@@]2(C)[C@H]1CC[C@]13C[C@@H](CC[C@@H]12)[C@](C)(O)C3. The molecule has 24 heavy (non-hydrogen) atoms.